The number of carbonyl (C=O) groups is 1. The number of amides is 1. The number of nitrogens with one attached hydrogen (secondary N) is 1. The largest absolute Gasteiger partial charge is 0.367 e. The molecule has 1 aromatic carbocycles. The van der Waals surface area contributed by atoms with Crippen LogP contribution in [0.3, 0.4) is 0 Å². The summed E-state index contributed by atoms with van der Waals surface area (Å²) in [6.07, 6.45) is 2.54. The number of fused-ring (bicyclic) bond motifs is 1. The Morgan fingerprint density at radius 2 is 2.12 bits per heavy atom. The average molecular weight is 354 g/mol. The summed E-state index contributed by atoms with van der Waals surface area (Å²) in [5.74, 6) is 0.396. The summed E-state index contributed by atoms with van der Waals surface area (Å²) in [5, 5.41) is 6.49. The third kappa shape index (κ3) is 3.20. The molecule has 0 aliphatic carbocycles. The lowest BCUT2D eigenvalue weighted by Gasteiger charge is -2.14. The van der Waals surface area contributed by atoms with E-state index in [2.05, 4.69) is 32.8 Å². The Morgan fingerprint density at radius 1 is 1.28 bits per heavy atom. The molecule has 6 nitrogen and oxygen atoms in total. The van der Waals surface area contributed by atoms with Crippen molar-refractivity contribution in [2.75, 3.05) is 11.9 Å². The van der Waals surface area contributed by atoms with Crippen LogP contribution in [-0.2, 0) is 9.53 Å². The van der Waals surface area contributed by atoms with Crippen molar-refractivity contribution in [3.05, 3.63) is 42.0 Å². The number of nitrogens with zero attached hydrogens (tertiary/aromatic N) is 2. The van der Waals surface area contributed by atoms with Gasteiger partial charge in [-0.1, -0.05) is 30.3 Å². The Bertz CT molecular complexity index is 896. The smallest absolute Gasteiger partial charge is 0.246 e. The maximum absolute atomic E-state index is 11.2. The van der Waals surface area contributed by atoms with Gasteiger partial charge in [-0.2, -0.15) is 0 Å². The highest BCUT2D eigenvalue weighted by Gasteiger charge is 2.29. The van der Waals surface area contributed by atoms with Crippen molar-refractivity contribution < 1.29 is 9.53 Å². The molecule has 0 bridgehead atoms. The summed E-state index contributed by atoms with van der Waals surface area (Å²) >= 11 is 1.60. The Balaban J connectivity index is 1.58. The predicted molar refractivity (Wildman–Crippen MR) is 98.4 cm³/mol. The van der Waals surface area contributed by atoms with Crippen molar-refractivity contribution in [3.63, 3.8) is 0 Å². The van der Waals surface area contributed by atoms with E-state index in [1.165, 1.54) is 0 Å². The highest BCUT2D eigenvalue weighted by Crippen LogP contribution is 2.36. The molecule has 1 aliphatic heterocycles. The number of anilines is 1. The van der Waals surface area contributed by atoms with Crippen molar-refractivity contribution in [2.24, 2.45) is 5.73 Å². The van der Waals surface area contributed by atoms with Gasteiger partial charge < -0.3 is 15.8 Å². The van der Waals surface area contributed by atoms with Crippen molar-refractivity contribution in [3.8, 4) is 11.1 Å². The van der Waals surface area contributed by atoms with Crippen LogP contribution in [0.1, 0.15) is 12.8 Å². The highest BCUT2D eigenvalue weighted by atomic mass is 32.1. The van der Waals surface area contributed by atoms with Gasteiger partial charge in [-0.25, -0.2) is 9.97 Å². The fourth-order valence-electron chi connectivity index (χ4n) is 3.11. The molecule has 1 amide bonds. The molecule has 0 saturated carbocycles. The summed E-state index contributed by atoms with van der Waals surface area (Å²) in [5.41, 5.74) is 7.56. The molecule has 0 radical (unpaired) electrons. The van der Waals surface area contributed by atoms with Crippen LogP contribution in [0.25, 0.3) is 21.3 Å². The highest BCUT2D eigenvalue weighted by molar-refractivity contribution is 7.17. The van der Waals surface area contributed by atoms with Crippen LogP contribution in [0, 0.1) is 0 Å². The second kappa shape index (κ2) is 6.78. The number of rotatable bonds is 5. The minimum atomic E-state index is -0.474. The molecule has 2 unspecified atom stereocenters. The van der Waals surface area contributed by atoms with Crippen LogP contribution in [0.4, 0.5) is 5.82 Å². The van der Waals surface area contributed by atoms with Crippen molar-refractivity contribution >= 4 is 33.3 Å². The molecule has 3 aromatic rings. The van der Waals surface area contributed by atoms with E-state index in [4.69, 9.17) is 10.5 Å². The standard InChI is InChI=1S/C18H18N4O2S/c19-16(23)14-7-6-12(24-14)8-20-17-15-13(11-4-2-1-3-5-11)9-25-18(15)22-10-21-17/h1-5,9-10,12,14H,6-8H2,(H2,19,23)(H,20,21,22). The number of carbonyl (C=O) groups excluding carboxylic acids is 1. The topological polar surface area (TPSA) is 90.1 Å². The normalized spacial score (nSPS) is 20.0. The van der Waals surface area contributed by atoms with Crippen LogP contribution in [0.2, 0.25) is 0 Å². The molecule has 4 rings (SSSR count). The predicted octanol–water partition coefficient (Wildman–Crippen LogP) is 2.80. The quantitative estimate of drug-likeness (QED) is 0.735. The van der Waals surface area contributed by atoms with Gasteiger partial charge in [-0.05, 0) is 18.4 Å². The van der Waals surface area contributed by atoms with E-state index in [0.29, 0.717) is 13.0 Å². The molecule has 1 aliphatic rings. The second-order valence-electron chi connectivity index (χ2n) is 6.03. The van der Waals surface area contributed by atoms with E-state index in [1.54, 1.807) is 17.7 Å². The Labute approximate surface area is 149 Å². The zero-order valence-corrected chi connectivity index (χ0v) is 14.3. The maximum Gasteiger partial charge on any atom is 0.246 e. The monoisotopic (exact) mass is 354 g/mol. The zero-order chi connectivity index (χ0) is 17.2. The van der Waals surface area contributed by atoms with E-state index in [0.717, 1.165) is 33.6 Å². The van der Waals surface area contributed by atoms with E-state index in [-0.39, 0.29) is 6.10 Å². The second-order valence-corrected chi connectivity index (χ2v) is 6.88. The van der Waals surface area contributed by atoms with Gasteiger partial charge in [0.1, 0.15) is 23.1 Å². The molecule has 7 heteroatoms. The molecule has 128 valence electrons. The van der Waals surface area contributed by atoms with Crippen LogP contribution in [0.15, 0.2) is 42.0 Å². The fraction of sp³-hybridized carbons (Fsp3) is 0.278. The Morgan fingerprint density at radius 3 is 2.88 bits per heavy atom. The first-order valence-electron chi connectivity index (χ1n) is 8.18. The lowest BCUT2D eigenvalue weighted by molar-refractivity contribution is -0.128. The van der Waals surface area contributed by atoms with E-state index >= 15 is 0 Å². The summed E-state index contributed by atoms with van der Waals surface area (Å²) in [6, 6.07) is 10.2. The van der Waals surface area contributed by atoms with E-state index < -0.39 is 12.0 Å². The maximum atomic E-state index is 11.2. The average Bonchev–Trinajstić information content (AvgIpc) is 3.28. The van der Waals surface area contributed by atoms with Crippen LogP contribution < -0.4 is 11.1 Å². The SMILES string of the molecule is NC(=O)C1CCC(CNc2ncnc3scc(-c4ccccc4)c23)O1. The number of benzene rings is 1. The summed E-state index contributed by atoms with van der Waals surface area (Å²) in [7, 11) is 0. The van der Waals surface area contributed by atoms with Gasteiger partial charge in [-0.15, -0.1) is 11.3 Å². The van der Waals surface area contributed by atoms with Gasteiger partial charge in [0.25, 0.3) is 0 Å². The number of aromatic nitrogens is 2. The van der Waals surface area contributed by atoms with Crippen LogP contribution in [-0.4, -0.2) is 34.6 Å². The minimum Gasteiger partial charge on any atom is -0.367 e. The number of primary amides is 1. The Hall–Kier alpha value is -2.51. The lowest BCUT2D eigenvalue weighted by Crippen LogP contribution is -2.30. The molecule has 2 atom stereocenters. The summed E-state index contributed by atoms with van der Waals surface area (Å²) in [4.78, 5) is 21.0. The third-order valence-electron chi connectivity index (χ3n) is 4.38. The number of hydrogen-bond donors (Lipinski definition) is 2. The van der Waals surface area contributed by atoms with Gasteiger partial charge in [0.2, 0.25) is 5.91 Å². The molecular weight excluding hydrogens is 336 g/mol. The zero-order valence-electron chi connectivity index (χ0n) is 13.5. The van der Waals surface area contributed by atoms with Crippen molar-refractivity contribution in [2.45, 2.75) is 25.0 Å². The first-order chi connectivity index (χ1) is 12.2. The summed E-state index contributed by atoms with van der Waals surface area (Å²) < 4.78 is 5.68. The molecule has 0 spiro atoms. The molecule has 2 aromatic heterocycles. The number of ether oxygens (including phenoxy) is 1. The van der Waals surface area contributed by atoms with Crippen molar-refractivity contribution in [1.29, 1.82) is 0 Å². The van der Waals surface area contributed by atoms with Gasteiger partial charge >= 0.3 is 0 Å². The van der Waals surface area contributed by atoms with Crippen LogP contribution in [0.5, 0.6) is 0 Å². The molecular formula is C18H18N4O2S. The van der Waals surface area contributed by atoms with Crippen LogP contribution >= 0.6 is 11.3 Å². The first-order valence-corrected chi connectivity index (χ1v) is 9.06. The van der Waals surface area contributed by atoms with Crippen molar-refractivity contribution in [1.82, 2.24) is 9.97 Å². The summed E-state index contributed by atoms with van der Waals surface area (Å²) in [6.45, 7) is 0.583. The third-order valence-corrected chi connectivity index (χ3v) is 5.26. The minimum absolute atomic E-state index is 0.0404. The number of hydrogen-bond acceptors (Lipinski definition) is 6. The van der Waals surface area contributed by atoms with Gasteiger partial charge in [-0.3, -0.25) is 4.79 Å². The molecule has 3 N–H and O–H groups in total. The fourth-order valence-corrected chi connectivity index (χ4v) is 4.03. The van der Waals surface area contributed by atoms with Gasteiger partial charge in [0.05, 0.1) is 11.5 Å². The molecule has 1 saturated heterocycles. The van der Waals surface area contributed by atoms with E-state index in [1.807, 2.05) is 18.2 Å². The Kier molecular flexibility index (Phi) is 4.33. The van der Waals surface area contributed by atoms with Gasteiger partial charge in [0, 0.05) is 17.5 Å². The number of nitrogens with two attached hydrogens (primary N) is 1. The first kappa shape index (κ1) is 16.0. The van der Waals surface area contributed by atoms with E-state index in [9.17, 15) is 4.79 Å². The van der Waals surface area contributed by atoms with Gasteiger partial charge in [0.15, 0.2) is 0 Å². The number of thiophene rings is 1. The lowest BCUT2D eigenvalue weighted by atomic mass is 10.1. The molecule has 3 heterocycles. The molecule has 25 heavy (non-hydrogen) atoms. The molecule has 1 fully saturated rings.